The summed E-state index contributed by atoms with van der Waals surface area (Å²) in [5.74, 6) is 0.552. The molecule has 8 nitrogen and oxygen atoms in total. The lowest BCUT2D eigenvalue weighted by Gasteiger charge is -2.32. The van der Waals surface area contributed by atoms with Crippen LogP contribution in [0.15, 0.2) is 47.0 Å². The van der Waals surface area contributed by atoms with Crippen LogP contribution in [-0.2, 0) is 0 Å². The number of rotatable bonds is 5. The molecule has 0 spiro atoms. The van der Waals surface area contributed by atoms with E-state index < -0.39 is 5.91 Å². The number of pyridine rings is 1. The summed E-state index contributed by atoms with van der Waals surface area (Å²) in [5.41, 5.74) is 5.96. The molecule has 1 aliphatic rings. The molecular weight excluding hydrogens is 374 g/mol. The number of fused-ring (bicyclic) bond motifs is 1. The van der Waals surface area contributed by atoms with Gasteiger partial charge in [0.05, 0.1) is 13.7 Å². The van der Waals surface area contributed by atoms with Gasteiger partial charge in [0.2, 0.25) is 0 Å². The highest BCUT2D eigenvalue weighted by Gasteiger charge is 2.28. The van der Waals surface area contributed by atoms with Crippen molar-refractivity contribution in [1.82, 2.24) is 9.88 Å². The molecule has 1 aliphatic heterocycles. The van der Waals surface area contributed by atoms with Gasteiger partial charge in [-0.25, -0.2) is 0 Å². The number of likely N-dealkylation sites (tertiary alicyclic amines) is 1. The van der Waals surface area contributed by atoms with Crippen molar-refractivity contribution < 1.29 is 23.5 Å². The Kier molecular flexibility index (Phi) is 5.07. The van der Waals surface area contributed by atoms with Crippen LogP contribution in [0.5, 0.6) is 11.5 Å². The molecule has 3 heterocycles. The van der Waals surface area contributed by atoms with Crippen molar-refractivity contribution in [3.05, 3.63) is 54.0 Å². The Bertz CT molecular complexity index is 1060. The Hall–Kier alpha value is -3.55. The number of para-hydroxylation sites is 1. The van der Waals surface area contributed by atoms with Crippen LogP contribution in [0.2, 0.25) is 0 Å². The summed E-state index contributed by atoms with van der Waals surface area (Å²) in [5, 5.41) is 0.813. The highest BCUT2D eigenvalue weighted by Crippen LogP contribution is 2.29. The zero-order chi connectivity index (χ0) is 20.4. The molecule has 0 radical (unpaired) electrons. The van der Waals surface area contributed by atoms with E-state index in [1.807, 2.05) is 12.1 Å². The molecule has 4 rings (SSSR count). The van der Waals surface area contributed by atoms with E-state index in [1.54, 1.807) is 30.2 Å². The van der Waals surface area contributed by atoms with Crippen LogP contribution in [0.25, 0.3) is 11.0 Å². The third-order valence-corrected chi connectivity index (χ3v) is 4.89. The molecule has 1 aromatic carbocycles. The van der Waals surface area contributed by atoms with Gasteiger partial charge in [0.15, 0.2) is 17.1 Å². The van der Waals surface area contributed by atoms with Crippen molar-refractivity contribution in [1.29, 1.82) is 0 Å². The first kappa shape index (κ1) is 18.8. The maximum Gasteiger partial charge on any atom is 0.289 e. The first-order valence-electron chi connectivity index (χ1n) is 9.33. The number of amides is 2. The van der Waals surface area contributed by atoms with E-state index >= 15 is 0 Å². The largest absolute Gasteiger partial charge is 0.493 e. The standard InChI is InChI=1S/C21H21N3O5/c1-27-17-6-2-4-13-10-18(29-19(13)17)21(26)24-9-3-5-15(12-24)28-14-7-8-23-16(11-14)20(22)25/h2,4,6-8,10-11,15H,3,5,9,12H2,1H3,(H2,22,25). The number of hydrogen-bond acceptors (Lipinski definition) is 6. The van der Waals surface area contributed by atoms with E-state index in [9.17, 15) is 9.59 Å². The van der Waals surface area contributed by atoms with Crippen LogP contribution in [-0.4, -0.2) is 48.0 Å². The van der Waals surface area contributed by atoms with Gasteiger partial charge >= 0.3 is 0 Å². The molecule has 0 aliphatic carbocycles. The maximum absolute atomic E-state index is 13.0. The summed E-state index contributed by atoms with van der Waals surface area (Å²) in [7, 11) is 1.56. The SMILES string of the molecule is COc1cccc2cc(C(=O)N3CCCC(Oc4ccnc(C(N)=O)c4)C3)oc12. The average Bonchev–Trinajstić information content (AvgIpc) is 3.18. The number of nitrogens with zero attached hydrogens (tertiary/aromatic N) is 2. The number of aromatic nitrogens is 1. The van der Waals surface area contributed by atoms with Gasteiger partial charge < -0.3 is 24.5 Å². The van der Waals surface area contributed by atoms with Crippen molar-refractivity contribution in [3.8, 4) is 11.5 Å². The van der Waals surface area contributed by atoms with Gasteiger partial charge in [0.25, 0.3) is 11.8 Å². The number of carbonyl (C=O) groups excluding carboxylic acids is 2. The fourth-order valence-corrected chi connectivity index (χ4v) is 3.49. The predicted molar refractivity (Wildman–Crippen MR) is 105 cm³/mol. The molecule has 1 fully saturated rings. The number of furan rings is 1. The number of primary amides is 1. The number of piperidine rings is 1. The van der Waals surface area contributed by atoms with Gasteiger partial charge in [0, 0.05) is 24.2 Å². The van der Waals surface area contributed by atoms with E-state index in [0.717, 1.165) is 18.2 Å². The molecule has 2 aromatic heterocycles. The lowest BCUT2D eigenvalue weighted by Crippen LogP contribution is -2.44. The van der Waals surface area contributed by atoms with Crippen molar-refractivity contribution in [2.75, 3.05) is 20.2 Å². The van der Waals surface area contributed by atoms with Crippen LogP contribution in [0.4, 0.5) is 0 Å². The number of benzene rings is 1. The Morgan fingerprint density at radius 3 is 2.93 bits per heavy atom. The predicted octanol–water partition coefficient (Wildman–Crippen LogP) is 2.62. The minimum Gasteiger partial charge on any atom is -0.493 e. The van der Waals surface area contributed by atoms with Gasteiger partial charge in [-0.05, 0) is 31.0 Å². The second-order valence-electron chi connectivity index (χ2n) is 6.86. The van der Waals surface area contributed by atoms with Crippen LogP contribution in [0.1, 0.15) is 33.9 Å². The molecule has 0 saturated carbocycles. The third-order valence-electron chi connectivity index (χ3n) is 4.89. The van der Waals surface area contributed by atoms with Crippen molar-refractivity contribution >= 4 is 22.8 Å². The zero-order valence-electron chi connectivity index (χ0n) is 16.0. The van der Waals surface area contributed by atoms with Gasteiger partial charge in [-0.15, -0.1) is 0 Å². The first-order valence-corrected chi connectivity index (χ1v) is 9.33. The maximum atomic E-state index is 13.0. The van der Waals surface area contributed by atoms with Gasteiger partial charge in [0.1, 0.15) is 17.5 Å². The molecule has 8 heteroatoms. The second-order valence-corrected chi connectivity index (χ2v) is 6.86. The number of ether oxygens (including phenoxy) is 2. The van der Waals surface area contributed by atoms with Gasteiger partial charge in [-0.2, -0.15) is 0 Å². The molecule has 1 unspecified atom stereocenters. The van der Waals surface area contributed by atoms with E-state index in [4.69, 9.17) is 19.6 Å². The zero-order valence-corrected chi connectivity index (χ0v) is 16.0. The van der Waals surface area contributed by atoms with Crippen LogP contribution >= 0.6 is 0 Å². The number of hydrogen-bond donors (Lipinski definition) is 1. The quantitative estimate of drug-likeness (QED) is 0.711. The average molecular weight is 395 g/mol. The fraction of sp³-hybridized carbons (Fsp3) is 0.286. The lowest BCUT2D eigenvalue weighted by molar-refractivity contribution is 0.0512. The highest BCUT2D eigenvalue weighted by molar-refractivity contribution is 5.97. The summed E-state index contributed by atoms with van der Waals surface area (Å²) in [4.78, 5) is 29.9. The van der Waals surface area contributed by atoms with E-state index in [1.165, 1.54) is 12.3 Å². The number of carbonyl (C=O) groups is 2. The molecule has 1 atom stereocenters. The summed E-state index contributed by atoms with van der Waals surface area (Å²) in [6.45, 7) is 1.04. The minimum absolute atomic E-state index is 0.141. The summed E-state index contributed by atoms with van der Waals surface area (Å²) in [6.07, 6.45) is 2.87. The number of methoxy groups -OCH3 is 1. The van der Waals surface area contributed by atoms with Gasteiger partial charge in [-0.1, -0.05) is 12.1 Å². The summed E-state index contributed by atoms with van der Waals surface area (Å²) < 4.78 is 17.0. The first-order chi connectivity index (χ1) is 14.0. The molecule has 2 N–H and O–H groups in total. The smallest absolute Gasteiger partial charge is 0.289 e. The number of nitrogens with two attached hydrogens (primary N) is 1. The lowest BCUT2D eigenvalue weighted by atomic mass is 10.1. The summed E-state index contributed by atoms with van der Waals surface area (Å²) >= 11 is 0. The van der Waals surface area contributed by atoms with E-state index in [2.05, 4.69) is 4.98 Å². The van der Waals surface area contributed by atoms with E-state index in [-0.39, 0.29) is 23.5 Å². The Morgan fingerprint density at radius 1 is 1.28 bits per heavy atom. The monoisotopic (exact) mass is 395 g/mol. The molecule has 2 amide bonds. The molecular formula is C21H21N3O5. The molecule has 29 heavy (non-hydrogen) atoms. The van der Waals surface area contributed by atoms with Crippen LogP contribution in [0.3, 0.4) is 0 Å². The normalized spacial score (nSPS) is 16.6. The fourth-order valence-electron chi connectivity index (χ4n) is 3.49. The van der Waals surface area contributed by atoms with Crippen molar-refractivity contribution in [2.24, 2.45) is 5.73 Å². The Morgan fingerprint density at radius 2 is 2.14 bits per heavy atom. The van der Waals surface area contributed by atoms with Crippen LogP contribution in [0, 0.1) is 0 Å². The molecule has 1 saturated heterocycles. The minimum atomic E-state index is -0.615. The third kappa shape index (κ3) is 3.87. The molecule has 3 aromatic rings. The van der Waals surface area contributed by atoms with Crippen molar-refractivity contribution in [2.45, 2.75) is 18.9 Å². The molecule has 0 bridgehead atoms. The second kappa shape index (κ2) is 7.83. The highest BCUT2D eigenvalue weighted by atomic mass is 16.5. The molecule has 150 valence electrons. The van der Waals surface area contributed by atoms with Crippen molar-refractivity contribution in [3.63, 3.8) is 0 Å². The topological polar surface area (TPSA) is 108 Å². The van der Waals surface area contributed by atoms with Gasteiger partial charge in [-0.3, -0.25) is 14.6 Å². The Labute approximate surface area is 167 Å². The summed E-state index contributed by atoms with van der Waals surface area (Å²) in [6, 6.07) is 10.4. The Balaban J connectivity index is 1.49. The van der Waals surface area contributed by atoms with Crippen LogP contribution < -0.4 is 15.2 Å². The van der Waals surface area contributed by atoms with E-state index in [0.29, 0.717) is 30.2 Å².